The minimum atomic E-state index is -2.33. The fourth-order valence-electron chi connectivity index (χ4n) is 2.35. The lowest BCUT2D eigenvalue weighted by molar-refractivity contribution is -0.141. The van der Waals surface area contributed by atoms with Crippen molar-refractivity contribution in [3.8, 4) is 0 Å². The molecule has 0 saturated heterocycles. The van der Waals surface area contributed by atoms with E-state index in [2.05, 4.69) is 10.1 Å². The molecule has 3 rings (SSSR count). The third-order valence-corrected chi connectivity index (χ3v) is 3.74. The van der Waals surface area contributed by atoms with Gasteiger partial charge >= 0.3 is 5.97 Å². The van der Waals surface area contributed by atoms with Crippen LogP contribution in [0.15, 0.2) is 41.8 Å². The Morgan fingerprint density at radius 1 is 0.964 bits per heavy atom. The van der Waals surface area contributed by atoms with Crippen molar-refractivity contribution in [2.45, 2.75) is 6.61 Å². The fraction of sp³-hybridized carbons (Fsp3) is 0.111. The number of hydrogen-bond acceptors (Lipinski definition) is 5. The highest BCUT2D eigenvalue weighted by Gasteiger charge is 2.33. The Bertz CT molecular complexity index is 962. The first-order valence-corrected chi connectivity index (χ1v) is 7.71. The molecule has 0 unspecified atom stereocenters. The molecule has 1 aliphatic heterocycles. The summed E-state index contributed by atoms with van der Waals surface area (Å²) in [5, 5.41) is 2.67. The number of nitrogens with one attached hydrogen (secondary N) is 1. The lowest BCUT2D eigenvalue weighted by Crippen LogP contribution is -2.18. The zero-order chi connectivity index (χ0) is 20.4. The molecule has 0 saturated carbocycles. The molecule has 0 amide bonds. The molecule has 0 spiro atoms. The Hall–Kier alpha value is -3.43. The fourth-order valence-corrected chi connectivity index (χ4v) is 2.35. The SMILES string of the molecule is O=C1COC(Nc2ccccc2)=C1C(=O)OCc1c(F)c(F)c(F)c(F)c1F. The van der Waals surface area contributed by atoms with Crippen molar-refractivity contribution in [3.05, 3.63) is 76.4 Å². The van der Waals surface area contributed by atoms with E-state index in [1.807, 2.05) is 0 Å². The Morgan fingerprint density at radius 2 is 1.54 bits per heavy atom. The molecule has 0 aliphatic carbocycles. The van der Waals surface area contributed by atoms with Crippen molar-refractivity contribution < 1.29 is 41.0 Å². The maximum Gasteiger partial charge on any atom is 0.347 e. The predicted molar refractivity (Wildman–Crippen MR) is 84.1 cm³/mol. The van der Waals surface area contributed by atoms with Crippen LogP contribution in [0.4, 0.5) is 27.6 Å². The van der Waals surface area contributed by atoms with E-state index in [9.17, 15) is 31.5 Å². The van der Waals surface area contributed by atoms with Gasteiger partial charge in [-0.3, -0.25) is 4.79 Å². The number of ether oxygens (including phenoxy) is 2. The van der Waals surface area contributed by atoms with Gasteiger partial charge in [-0.05, 0) is 12.1 Å². The maximum atomic E-state index is 13.6. The Morgan fingerprint density at radius 3 is 2.14 bits per heavy atom. The van der Waals surface area contributed by atoms with Crippen LogP contribution in [-0.2, 0) is 25.7 Å². The number of hydrogen-bond donors (Lipinski definition) is 1. The summed E-state index contributed by atoms with van der Waals surface area (Å²) in [5.74, 6) is -13.3. The highest BCUT2D eigenvalue weighted by Crippen LogP contribution is 2.25. The first kappa shape index (κ1) is 19.3. The molecule has 1 N–H and O–H groups in total. The summed E-state index contributed by atoms with van der Waals surface area (Å²) in [6.45, 7) is -1.76. The number of halogens is 5. The van der Waals surface area contributed by atoms with E-state index in [1.54, 1.807) is 30.3 Å². The molecule has 10 heteroatoms. The Balaban J connectivity index is 1.82. The number of benzene rings is 2. The summed E-state index contributed by atoms with van der Waals surface area (Å²) in [7, 11) is 0. The molecule has 28 heavy (non-hydrogen) atoms. The van der Waals surface area contributed by atoms with Gasteiger partial charge in [-0.25, -0.2) is 26.7 Å². The van der Waals surface area contributed by atoms with E-state index >= 15 is 0 Å². The molecule has 5 nitrogen and oxygen atoms in total. The highest BCUT2D eigenvalue weighted by molar-refractivity contribution is 6.19. The topological polar surface area (TPSA) is 64.6 Å². The van der Waals surface area contributed by atoms with Crippen molar-refractivity contribution in [2.24, 2.45) is 0 Å². The van der Waals surface area contributed by atoms with Crippen LogP contribution >= 0.6 is 0 Å². The van der Waals surface area contributed by atoms with E-state index in [-0.39, 0.29) is 5.88 Å². The van der Waals surface area contributed by atoms with Crippen molar-refractivity contribution in [3.63, 3.8) is 0 Å². The van der Waals surface area contributed by atoms with Crippen LogP contribution in [0.3, 0.4) is 0 Å². The number of carbonyl (C=O) groups is 2. The number of rotatable bonds is 5. The molecule has 1 heterocycles. The van der Waals surface area contributed by atoms with Crippen LogP contribution in [-0.4, -0.2) is 18.4 Å². The van der Waals surface area contributed by atoms with E-state index in [0.29, 0.717) is 5.69 Å². The van der Waals surface area contributed by atoms with E-state index in [1.165, 1.54) is 0 Å². The lowest BCUT2D eigenvalue weighted by atomic mass is 10.1. The van der Waals surface area contributed by atoms with Crippen molar-refractivity contribution in [1.82, 2.24) is 0 Å². The van der Waals surface area contributed by atoms with E-state index in [0.717, 1.165) is 0 Å². The average Bonchev–Trinajstić information content (AvgIpc) is 3.05. The average molecular weight is 399 g/mol. The zero-order valence-electron chi connectivity index (χ0n) is 13.8. The first-order chi connectivity index (χ1) is 13.3. The monoisotopic (exact) mass is 399 g/mol. The summed E-state index contributed by atoms with van der Waals surface area (Å²) >= 11 is 0. The summed E-state index contributed by atoms with van der Waals surface area (Å²) < 4.78 is 76.4. The van der Waals surface area contributed by atoms with Crippen LogP contribution in [0.25, 0.3) is 0 Å². The van der Waals surface area contributed by atoms with Gasteiger partial charge in [0.2, 0.25) is 17.5 Å². The molecule has 0 atom stereocenters. The normalized spacial score (nSPS) is 13.5. The lowest BCUT2D eigenvalue weighted by Gasteiger charge is -2.10. The van der Waals surface area contributed by atoms with Gasteiger partial charge < -0.3 is 14.8 Å². The molecule has 2 aromatic rings. The van der Waals surface area contributed by atoms with Crippen LogP contribution in [0, 0.1) is 29.1 Å². The third-order valence-electron chi connectivity index (χ3n) is 3.74. The quantitative estimate of drug-likeness (QED) is 0.275. The van der Waals surface area contributed by atoms with Crippen LogP contribution in [0.2, 0.25) is 0 Å². The molecular weight excluding hydrogens is 389 g/mol. The number of esters is 1. The molecule has 146 valence electrons. The number of anilines is 1. The summed E-state index contributed by atoms with van der Waals surface area (Å²) in [5.41, 5.74) is -1.45. The second-order valence-electron chi connectivity index (χ2n) is 5.53. The highest BCUT2D eigenvalue weighted by atomic mass is 19.2. The van der Waals surface area contributed by atoms with Gasteiger partial charge in [-0.2, -0.15) is 0 Å². The van der Waals surface area contributed by atoms with Crippen molar-refractivity contribution >= 4 is 17.4 Å². The van der Waals surface area contributed by atoms with E-state index < -0.39 is 65.2 Å². The molecule has 1 aliphatic rings. The van der Waals surface area contributed by atoms with Crippen LogP contribution in [0.1, 0.15) is 5.56 Å². The van der Waals surface area contributed by atoms with Gasteiger partial charge in [0.05, 0.1) is 5.56 Å². The Kier molecular flexibility index (Phi) is 5.30. The largest absolute Gasteiger partial charge is 0.470 e. The first-order valence-electron chi connectivity index (χ1n) is 7.71. The second kappa shape index (κ2) is 7.67. The minimum absolute atomic E-state index is 0.251. The predicted octanol–water partition coefficient (Wildman–Crippen LogP) is 3.35. The number of Topliss-reactive ketones (excluding diaryl/α,β-unsaturated/α-hetero) is 1. The van der Waals surface area contributed by atoms with Crippen LogP contribution in [0.5, 0.6) is 0 Å². The number of carbonyl (C=O) groups excluding carboxylic acids is 2. The molecule has 0 radical (unpaired) electrons. The Labute approximate surface area is 154 Å². The molecule has 0 bridgehead atoms. The summed E-state index contributed by atoms with van der Waals surface area (Å²) in [4.78, 5) is 24.0. The second-order valence-corrected chi connectivity index (χ2v) is 5.53. The van der Waals surface area contributed by atoms with Crippen molar-refractivity contribution in [1.29, 1.82) is 0 Å². The standard InChI is InChI=1S/C18H10F5NO4/c19-12-9(13(20)15(22)16(23)14(12)21)6-28-18(26)11-10(25)7-27-17(11)24-8-4-2-1-3-5-8/h1-5,24H,6-7H2. The van der Waals surface area contributed by atoms with Gasteiger partial charge in [0.1, 0.15) is 6.61 Å². The summed E-state index contributed by atoms with van der Waals surface area (Å²) in [6, 6.07) is 8.27. The summed E-state index contributed by atoms with van der Waals surface area (Å²) in [6.07, 6.45) is 0. The smallest absolute Gasteiger partial charge is 0.347 e. The third kappa shape index (κ3) is 3.53. The van der Waals surface area contributed by atoms with Gasteiger partial charge in [0.25, 0.3) is 0 Å². The molecule has 0 aromatic heterocycles. The van der Waals surface area contributed by atoms with Gasteiger partial charge in [-0.1, -0.05) is 18.2 Å². The number of para-hydroxylation sites is 1. The molecular formula is C18H10F5NO4. The zero-order valence-corrected chi connectivity index (χ0v) is 13.8. The van der Waals surface area contributed by atoms with Crippen LogP contribution < -0.4 is 5.32 Å². The maximum absolute atomic E-state index is 13.6. The number of ketones is 1. The van der Waals surface area contributed by atoms with E-state index in [4.69, 9.17) is 4.74 Å². The molecule has 0 fully saturated rings. The van der Waals surface area contributed by atoms with Gasteiger partial charge in [-0.15, -0.1) is 0 Å². The van der Waals surface area contributed by atoms with Gasteiger partial charge in [0.15, 0.2) is 35.4 Å². The van der Waals surface area contributed by atoms with Gasteiger partial charge in [0, 0.05) is 5.69 Å². The molecule has 2 aromatic carbocycles. The van der Waals surface area contributed by atoms with Crippen molar-refractivity contribution in [2.75, 3.05) is 11.9 Å². The minimum Gasteiger partial charge on any atom is -0.470 e.